The fourth-order valence-corrected chi connectivity index (χ4v) is 3.27. The lowest BCUT2D eigenvalue weighted by Crippen LogP contribution is -2.63. The van der Waals surface area contributed by atoms with Crippen molar-refractivity contribution < 1.29 is 14.3 Å². The van der Waals surface area contributed by atoms with E-state index in [1.54, 1.807) is 11.8 Å². The van der Waals surface area contributed by atoms with Crippen LogP contribution < -0.4 is 5.32 Å². The Morgan fingerprint density at radius 1 is 1.20 bits per heavy atom. The monoisotopic (exact) mass is 280 g/mol. The number of hydrogen-bond acceptors (Lipinski definition) is 3. The average molecular weight is 280 g/mol. The van der Waals surface area contributed by atoms with E-state index in [2.05, 4.69) is 5.32 Å². The molecule has 1 heterocycles. The zero-order valence-corrected chi connectivity index (χ0v) is 12.1. The second-order valence-corrected chi connectivity index (χ2v) is 6.31. The van der Waals surface area contributed by atoms with Gasteiger partial charge in [0.25, 0.3) is 0 Å². The van der Waals surface area contributed by atoms with Crippen LogP contribution in [0.15, 0.2) is 0 Å². The van der Waals surface area contributed by atoms with E-state index in [0.29, 0.717) is 25.2 Å². The van der Waals surface area contributed by atoms with Gasteiger partial charge in [0, 0.05) is 6.54 Å². The fraction of sp³-hybridized carbons (Fsp3) is 0.867. The van der Waals surface area contributed by atoms with Crippen LogP contribution in [0.1, 0.15) is 45.4 Å². The van der Waals surface area contributed by atoms with E-state index >= 15 is 0 Å². The van der Waals surface area contributed by atoms with Crippen LogP contribution in [0, 0.1) is 5.92 Å². The Labute approximate surface area is 120 Å². The molecule has 0 bridgehead atoms. The number of piperazine rings is 1. The smallest absolute Gasteiger partial charge is 0.246 e. The van der Waals surface area contributed by atoms with Crippen LogP contribution in [0.4, 0.5) is 0 Å². The molecule has 0 aromatic heterocycles. The summed E-state index contributed by atoms with van der Waals surface area (Å²) in [6, 6.07) is -0.658. The van der Waals surface area contributed by atoms with E-state index < -0.39 is 0 Å². The standard InChI is InChI=1S/C15H24N2O3/c1-10-14(18)16-13(11-6-7-11)15(19)17(10)8-9-20-12-4-2-3-5-12/h10-13H,2-9H2,1H3,(H,16,18). The maximum absolute atomic E-state index is 12.4. The third kappa shape index (κ3) is 2.82. The van der Waals surface area contributed by atoms with Gasteiger partial charge >= 0.3 is 0 Å². The number of carbonyl (C=O) groups excluding carboxylic acids is 2. The van der Waals surface area contributed by atoms with Crippen LogP contribution >= 0.6 is 0 Å². The van der Waals surface area contributed by atoms with Crippen molar-refractivity contribution in [3.8, 4) is 0 Å². The number of nitrogens with one attached hydrogen (secondary N) is 1. The summed E-state index contributed by atoms with van der Waals surface area (Å²) in [7, 11) is 0. The van der Waals surface area contributed by atoms with Crippen LogP contribution in [0.25, 0.3) is 0 Å². The SMILES string of the molecule is CC1C(=O)NC(C2CC2)C(=O)N1CCOC1CCCC1. The first-order valence-corrected chi connectivity index (χ1v) is 7.89. The molecule has 1 aliphatic heterocycles. The van der Waals surface area contributed by atoms with E-state index in [0.717, 1.165) is 25.7 Å². The largest absolute Gasteiger partial charge is 0.376 e. The maximum Gasteiger partial charge on any atom is 0.246 e. The molecule has 2 unspecified atom stereocenters. The molecule has 2 atom stereocenters. The Hall–Kier alpha value is -1.10. The predicted octanol–water partition coefficient (Wildman–Crippen LogP) is 1.07. The van der Waals surface area contributed by atoms with Gasteiger partial charge in [-0.15, -0.1) is 0 Å². The highest BCUT2D eigenvalue weighted by atomic mass is 16.5. The van der Waals surface area contributed by atoms with Crippen molar-refractivity contribution in [3.05, 3.63) is 0 Å². The minimum atomic E-state index is -0.371. The molecule has 20 heavy (non-hydrogen) atoms. The number of amides is 2. The molecule has 3 aliphatic rings. The van der Waals surface area contributed by atoms with E-state index in [-0.39, 0.29) is 23.9 Å². The topological polar surface area (TPSA) is 58.6 Å². The third-order valence-electron chi connectivity index (χ3n) is 4.78. The molecule has 112 valence electrons. The molecule has 0 spiro atoms. The van der Waals surface area contributed by atoms with Gasteiger partial charge < -0.3 is 15.0 Å². The van der Waals surface area contributed by atoms with Gasteiger partial charge in [0.05, 0.1) is 12.7 Å². The maximum atomic E-state index is 12.4. The van der Waals surface area contributed by atoms with Crippen LogP contribution in [-0.2, 0) is 14.3 Å². The van der Waals surface area contributed by atoms with Crippen LogP contribution in [-0.4, -0.2) is 48.1 Å². The second-order valence-electron chi connectivity index (χ2n) is 6.31. The third-order valence-corrected chi connectivity index (χ3v) is 4.78. The molecule has 1 saturated heterocycles. The first-order valence-electron chi connectivity index (χ1n) is 7.89. The Kier molecular flexibility index (Phi) is 3.96. The molecule has 5 heteroatoms. The quantitative estimate of drug-likeness (QED) is 0.819. The van der Waals surface area contributed by atoms with Crippen molar-refractivity contribution >= 4 is 11.8 Å². The highest BCUT2D eigenvalue weighted by molar-refractivity contribution is 5.97. The van der Waals surface area contributed by atoms with Gasteiger partial charge in [-0.05, 0) is 38.5 Å². The molecule has 1 N–H and O–H groups in total. The van der Waals surface area contributed by atoms with Crippen molar-refractivity contribution in [2.45, 2.75) is 63.6 Å². The minimum absolute atomic E-state index is 0.0256. The van der Waals surface area contributed by atoms with E-state index in [4.69, 9.17) is 4.74 Å². The van der Waals surface area contributed by atoms with Crippen molar-refractivity contribution in [1.82, 2.24) is 10.2 Å². The van der Waals surface area contributed by atoms with Gasteiger partial charge in [-0.1, -0.05) is 12.8 Å². The minimum Gasteiger partial charge on any atom is -0.376 e. The Balaban J connectivity index is 1.54. The van der Waals surface area contributed by atoms with E-state index in [1.165, 1.54) is 12.8 Å². The zero-order valence-electron chi connectivity index (χ0n) is 12.1. The van der Waals surface area contributed by atoms with Gasteiger partial charge in [-0.2, -0.15) is 0 Å². The zero-order chi connectivity index (χ0) is 14.1. The Morgan fingerprint density at radius 2 is 1.90 bits per heavy atom. The molecule has 5 nitrogen and oxygen atoms in total. The fourth-order valence-electron chi connectivity index (χ4n) is 3.27. The van der Waals surface area contributed by atoms with Gasteiger partial charge in [0.2, 0.25) is 11.8 Å². The molecule has 3 rings (SSSR count). The summed E-state index contributed by atoms with van der Waals surface area (Å²) < 4.78 is 5.82. The Bertz CT molecular complexity index is 389. The van der Waals surface area contributed by atoms with E-state index in [9.17, 15) is 9.59 Å². The first kappa shape index (κ1) is 13.9. The lowest BCUT2D eigenvalue weighted by molar-refractivity contribution is -0.150. The van der Waals surface area contributed by atoms with Crippen LogP contribution in [0.3, 0.4) is 0 Å². The average Bonchev–Trinajstić information content (AvgIpc) is 3.14. The molecule has 0 aromatic rings. The normalized spacial score (nSPS) is 31.8. The summed E-state index contributed by atoms with van der Waals surface area (Å²) in [5.41, 5.74) is 0. The molecule has 3 fully saturated rings. The van der Waals surface area contributed by atoms with E-state index in [1.807, 2.05) is 0 Å². The number of ether oxygens (including phenoxy) is 1. The number of hydrogen-bond donors (Lipinski definition) is 1. The highest BCUT2D eigenvalue weighted by Crippen LogP contribution is 2.35. The number of nitrogens with zero attached hydrogens (tertiary/aromatic N) is 1. The van der Waals surface area contributed by atoms with Crippen LogP contribution in [0.5, 0.6) is 0 Å². The molecular weight excluding hydrogens is 256 g/mol. The highest BCUT2D eigenvalue weighted by Gasteiger charge is 2.45. The van der Waals surface area contributed by atoms with Gasteiger partial charge in [0.1, 0.15) is 12.1 Å². The summed E-state index contributed by atoms with van der Waals surface area (Å²) in [5.74, 6) is 0.411. The number of rotatable bonds is 5. The molecule has 0 aromatic carbocycles. The van der Waals surface area contributed by atoms with Crippen molar-refractivity contribution in [1.29, 1.82) is 0 Å². The lowest BCUT2D eigenvalue weighted by Gasteiger charge is -2.37. The molecule has 2 aliphatic carbocycles. The summed E-state index contributed by atoms with van der Waals surface area (Å²) in [5, 5.41) is 2.87. The first-order chi connectivity index (χ1) is 9.66. The predicted molar refractivity (Wildman–Crippen MR) is 74.0 cm³/mol. The molecule has 2 amide bonds. The molecule has 0 radical (unpaired) electrons. The molecule has 2 saturated carbocycles. The second kappa shape index (κ2) is 5.72. The number of carbonyl (C=O) groups is 2. The van der Waals surface area contributed by atoms with Crippen molar-refractivity contribution in [2.24, 2.45) is 5.92 Å². The lowest BCUT2D eigenvalue weighted by atomic mass is 10.0. The summed E-state index contributed by atoms with van der Waals surface area (Å²) in [6.45, 7) is 2.88. The summed E-state index contributed by atoms with van der Waals surface area (Å²) in [4.78, 5) is 26.1. The van der Waals surface area contributed by atoms with Gasteiger partial charge in [-0.3, -0.25) is 9.59 Å². The Morgan fingerprint density at radius 3 is 2.55 bits per heavy atom. The van der Waals surface area contributed by atoms with Gasteiger partial charge in [0.15, 0.2) is 0 Å². The van der Waals surface area contributed by atoms with Crippen molar-refractivity contribution in [2.75, 3.05) is 13.2 Å². The van der Waals surface area contributed by atoms with Crippen molar-refractivity contribution in [3.63, 3.8) is 0 Å². The summed E-state index contributed by atoms with van der Waals surface area (Å²) >= 11 is 0. The summed E-state index contributed by atoms with van der Waals surface area (Å²) in [6.07, 6.45) is 7.22. The van der Waals surface area contributed by atoms with Gasteiger partial charge in [-0.25, -0.2) is 0 Å². The van der Waals surface area contributed by atoms with Crippen LogP contribution in [0.2, 0.25) is 0 Å². The molecular formula is C15H24N2O3.